The molecule has 0 radical (unpaired) electrons. The number of hydrogen-bond donors (Lipinski definition) is 2. The van der Waals surface area contributed by atoms with Gasteiger partial charge in [-0.3, -0.25) is 24.5 Å². The number of carbonyl (C=O) groups excluding carboxylic acids is 2. The number of imide groups is 1. The maximum Gasteiger partial charge on any atom is 0.407 e. The second kappa shape index (κ2) is 9.49. The Labute approximate surface area is 204 Å². The third-order valence-electron chi connectivity index (χ3n) is 7.87. The van der Waals surface area contributed by atoms with E-state index in [0.29, 0.717) is 25.3 Å². The van der Waals surface area contributed by atoms with Crippen LogP contribution in [0.15, 0.2) is 18.2 Å². The molecule has 5 rings (SSSR count). The number of aromatic nitrogens is 2. The van der Waals surface area contributed by atoms with Crippen LogP contribution < -0.4 is 10.2 Å². The minimum absolute atomic E-state index is 0.0299. The predicted molar refractivity (Wildman–Crippen MR) is 131 cm³/mol. The molecule has 1 aromatic carbocycles. The number of rotatable bonds is 4. The molecule has 3 amide bonds. The van der Waals surface area contributed by atoms with E-state index < -0.39 is 12.0 Å². The van der Waals surface area contributed by atoms with Gasteiger partial charge in [-0.2, -0.15) is 5.10 Å². The predicted octanol–water partition coefficient (Wildman–Crippen LogP) is 1.99. The van der Waals surface area contributed by atoms with Crippen molar-refractivity contribution in [2.45, 2.75) is 44.6 Å². The largest absolute Gasteiger partial charge is 0.465 e. The lowest BCUT2D eigenvalue weighted by atomic mass is 9.92. The highest BCUT2D eigenvalue weighted by atomic mass is 16.4. The second-order valence-corrected chi connectivity index (χ2v) is 10.2. The molecule has 35 heavy (non-hydrogen) atoms. The SMILES string of the molecule is C[C@@H]1CN(CC2CCN(c3cccc4c(C5CCC(=O)NC5=O)nn(C)c34)CC2)CCN1C(=O)O. The molecule has 2 N–H and O–H groups in total. The smallest absolute Gasteiger partial charge is 0.407 e. The number of carbonyl (C=O) groups is 3. The Morgan fingerprint density at radius 2 is 1.91 bits per heavy atom. The molecular formula is C25H34N6O4. The number of anilines is 1. The normalized spacial score (nSPS) is 24.7. The maximum absolute atomic E-state index is 12.5. The summed E-state index contributed by atoms with van der Waals surface area (Å²) in [6.45, 7) is 7.08. The second-order valence-electron chi connectivity index (χ2n) is 10.2. The number of nitrogens with one attached hydrogen (secondary N) is 1. The Morgan fingerprint density at radius 3 is 2.60 bits per heavy atom. The zero-order valence-electron chi connectivity index (χ0n) is 20.4. The van der Waals surface area contributed by atoms with Crippen molar-refractivity contribution in [3.63, 3.8) is 0 Å². The molecule has 3 aliphatic heterocycles. The summed E-state index contributed by atoms with van der Waals surface area (Å²) in [7, 11) is 1.92. The van der Waals surface area contributed by atoms with Gasteiger partial charge < -0.3 is 14.9 Å². The van der Waals surface area contributed by atoms with E-state index in [-0.39, 0.29) is 17.9 Å². The van der Waals surface area contributed by atoms with Gasteiger partial charge in [-0.25, -0.2) is 4.79 Å². The number of aryl methyl sites for hydroxylation is 1. The molecule has 0 bridgehead atoms. The lowest BCUT2D eigenvalue weighted by Gasteiger charge is -2.41. The van der Waals surface area contributed by atoms with Crippen molar-refractivity contribution >= 4 is 34.5 Å². The van der Waals surface area contributed by atoms with E-state index in [0.717, 1.165) is 67.8 Å². The third-order valence-corrected chi connectivity index (χ3v) is 7.87. The highest BCUT2D eigenvalue weighted by Gasteiger charge is 2.33. The molecule has 2 atom stereocenters. The Bertz CT molecular complexity index is 1140. The Balaban J connectivity index is 1.26. The van der Waals surface area contributed by atoms with Gasteiger partial charge in [-0.15, -0.1) is 0 Å². The number of nitrogens with zero attached hydrogens (tertiary/aromatic N) is 5. The molecular weight excluding hydrogens is 448 g/mol. The third kappa shape index (κ3) is 4.59. The van der Waals surface area contributed by atoms with Crippen LogP contribution >= 0.6 is 0 Å². The summed E-state index contributed by atoms with van der Waals surface area (Å²) in [6, 6.07) is 6.22. The molecule has 0 saturated carbocycles. The van der Waals surface area contributed by atoms with Crippen molar-refractivity contribution in [3.05, 3.63) is 23.9 Å². The fourth-order valence-electron chi connectivity index (χ4n) is 6.02. The number of amides is 3. The van der Waals surface area contributed by atoms with E-state index in [1.54, 1.807) is 0 Å². The number of benzene rings is 1. The van der Waals surface area contributed by atoms with E-state index in [9.17, 15) is 19.5 Å². The standard InChI is InChI=1S/C25H34N6O4/c1-16-14-29(12-13-31(16)25(34)35)15-17-8-10-30(11-9-17)20-5-3-4-18-22(27-28(2)23(18)20)19-6-7-21(32)26-24(19)33/h3-5,16-17,19H,6-15H2,1-2H3,(H,34,35)(H,26,32,33)/t16-,19?/m1/s1. The van der Waals surface area contributed by atoms with Crippen molar-refractivity contribution < 1.29 is 19.5 Å². The fraction of sp³-hybridized carbons (Fsp3) is 0.600. The fourth-order valence-corrected chi connectivity index (χ4v) is 6.02. The molecule has 10 heteroatoms. The Hall–Kier alpha value is -3.14. The number of piperazine rings is 1. The average molecular weight is 483 g/mol. The molecule has 3 aliphatic rings. The number of para-hydroxylation sites is 1. The van der Waals surface area contributed by atoms with Gasteiger partial charge in [0.15, 0.2) is 0 Å². The van der Waals surface area contributed by atoms with Gasteiger partial charge in [0.1, 0.15) is 0 Å². The lowest BCUT2D eigenvalue weighted by molar-refractivity contribution is -0.134. The van der Waals surface area contributed by atoms with Crippen molar-refractivity contribution in [1.82, 2.24) is 24.9 Å². The van der Waals surface area contributed by atoms with Gasteiger partial charge in [-0.1, -0.05) is 12.1 Å². The van der Waals surface area contributed by atoms with Crippen molar-refractivity contribution in [3.8, 4) is 0 Å². The van der Waals surface area contributed by atoms with Crippen LogP contribution in [0.2, 0.25) is 0 Å². The summed E-state index contributed by atoms with van der Waals surface area (Å²) >= 11 is 0. The van der Waals surface area contributed by atoms with Crippen molar-refractivity contribution in [1.29, 1.82) is 0 Å². The van der Waals surface area contributed by atoms with E-state index in [1.807, 2.05) is 30.8 Å². The van der Waals surface area contributed by atoms with Crippen LogP contribution in [0.5, 0.6) is 0 Å². The van der Waals surface area contributed by atoms with Crippen LogP contribution in [0.1, 0.15) is 44.2 Å². The maximum atomic E-state index is 12.5. The topological polar surface area (TPSA) is 111 Å². The summed E-state index contributed by atoms with van der Waals surface area (Å²) < 4.78 is 1.87. The van der Waals surface area contributed by atoms with Crippen molar-refractivity contribution in [2.24, 2.45) is 13.0 Å². The van der Waals surface area contributed by atoms with E-state index >= 15 is 0 Å². The first-order valence-electron chi connectivity index (χ1n) is 12.6. The lowest BCUT2D eigenvalue weighted by Crippen LogP contribution is -2.54. The molecule has 0 aliphatic carbocycles. The molecule has 2 aromatic rings. The number of hydrogen-bond acceptors (Lipinski definition) is 6. The molecule has 1 unspecified atom stereocenters. The molecule has 1 aromatic heterocycles. The quantitative estimate of drug-likeness (QED) is 0.641. The molecule has 0 spiro atoms. The molecule has 10 nitrogen and oxygen atoms in total. The number of carboxylic acid groups (broad SMARTS) is 1. The Morgan fingerprint density at radius 1 is 1.14 bits per heavy atom. The van der Waals surface area contributed by atoms with Gasteiger partial charge in [0.05, 0.1) is 22.8 Å². The Kier molecular flexibility index (Phi) is 6.39. The highest BCUT2D eigenvalue weighted by Crippen LogP contribution is 2.36. The zero-order chi connectivity index (χ0) is 24.7. The first-order valence-corrected chi connectivity index (χ1v) is 12.6. The summed E-state index contributed by atoms with van der Waals surface area (Å²) in [5.41, 5.74) is 2.92. The average Bonchev–Trinajstić information content (AvgIpc) is 3.16. The minimum Gasteiger partial charge on any atom is -0.465 e. The van der Waals surface area contributed by atoms with Gasteiger partial charge in [-0.05, 0) is 38.2 Å². The molecule has 4 heterocycles. The first kappa shape index (κ1) is 23.6. The first-order chi connectivity index (χ1) is 16.8. The number of fused-ring (bicyclic) bond motifs is 1. The van der Waals surface area contributed by atoms with Gasteiger partial charge in [0, 0.05) is 64.2 Å². The van der Waals surface area contributed by atoms with Crippen LogP contribution in [0.4, 0.5) is 10.5 Å². The van der Waals surface area contributed by atoms with Crippen LogP contribution in [0, 0.1) is 5.92 Å². The van der Waals surface area contributed by atoms with Crippen LogP contribution in [-0.2, 0) is 16.6 Å². The van der Waals surface area contributed by atoms with Crippen molar-refractivity contribution in [2.75, 3.05) is 44.2 Å². The van der Waals surface area contributed by atoms with Gasteiger partial charge in [0.25, 0.3) is 0 Å². The van der Waals surface area contributed by atoms with Crippen LogP contribution in [0.25, 0.3) is 10.9 Å². The summed E-state index contributed by atoms with van der Waals surface area (Å²) in [5.74, 6) is -0.278. The molecule has 3 fully saturated rings. The molecule has 188 valence electrons. The summed E-state index contributed by atoms with van der Waals surface area (Å²) in [4.78, 5) is 41.8. The van der Waals surface area contributed by atoms with Gasteiger partial charge >= 0.3 is 6.09 Å². The monoisotopic (exact) mass is 482 g/mol. The minimum atomic E-state index is -0.824. The summed E-state index contributed by atoms with van der Waals surface area (Å²) in [6.07, 6.45) is 2.18. The van der Waals surface area contributed by atoms with Crippen LogP contribution in [0.3, 0.4) is 0 Å². The highest BCUT2D eigenvalue weighted by molar-refractivity contribution is 6.03. The zero-order valence-corrected chi connectivity index (χ0v) is 20.4. The number of piperidine rings is 2. The summed E-state index contributed by atoms with van der Waals surface area (Å²) in [5, 5.41) is 17.5. The van der Waals surface area contributed by atoms with E-state index in [1.165, 1.54) is 4.90 Å². The van der Waals surface area contributed by atoms with E-state index in [2.05, 4.69) is 21.2 Å². The van der Waals surface area contributed by atoms with Crippen LogP contribution in [-0.4, -0.2) is 87.9 Å². The molecule has 3 saturated heterocycles. The van der Waals surface area contributed by atoms with E-state index in [4.69, 9.17) is 5.10 Å². The van der Waals surface area contributed by atoms with Gasteiger partial charge in [0.2, 0.25) is 11.8 Å².